The lowest BCUT2D eigenvalue weighted by molar-refractivity contribution is -0.307. The first kappa shape index (κ1) is 14.3. The molecule has 0 aliphatic carbocycles. The number of carbonyl (C=O) groups excluding carboxylic acids is 2. The zero-order chi connectivity index (χ0) is 13.7. The highest BCUT2D eigenvalue weighted by atomic mass is 35.5. The van der Waals surface area contributed by atoms with Crippen LogP contribution in [0.25, 0.3) is 0 Å². The fraction of sp³-hybridized carbons (Fsp3) is 0.333. The number of aryl methyl sites for hydroxylation is 1. The third-order valence-corrected chi connectivity index (χ3v) is 2.65. The van der Waals surface area contributed by atoms with Gasteiger partial charge in [0, 0.05) is 5.02 Å². The topological polar surface area (TPSA) is 78.5 Å². The fourth-order valence-corrected chi connectivity index (χ4v) is 1.32. The summed E-state index contributed by atoms with van der Waals surface area (Å²) >= 11 is 5.84. The molecular weight excluding hydrogens is 258 g/mol. The number of nitrogens with one attached hydrogen (secondary N) is 1. The average Bonchev–Trinajstić information content (AvgIpc) is 2.30. The molecule has 0 saturated carbocycles. The summed E-state index contributed by atoms with van der Waals surface area (Å²) in [6.45, 7) is 2.87. The highest BCUT2D eigenvalue weighted by molar-refractivity contribution is 6.31. The molecule has 0 aliphatic heterocycles. The van der Waals surface area contributed by atoms with Gasteiger partial charge in [-0.25, -0.2) is 0 Å². The summed E-state index contributed by atoms with van der Waals surface area (Å²) in [6, 6.07) is 3.93. The number of carboxylic acid groups (broad SMARTS) is 1. The van der Waals surface area contributed by atoms with E-state index in [0.29, 0.717) is 10.8 Å². The molecule has 0 unspecified atom stereocenters. The van der Waals surface area contributed by atoms with Crippen LogP contribution in [-0.2, 0) is 9.59 Å². The van der Waals surface area contributed by atoms with Gasteiger partial charge < -0.3 is 20.0 Å². The van der Waals surface area contributed by atoms with Crippen LogP contribution >= 0.6 is 11.6 Å². The minimum atomic E-state index is -1.34. The number of hydrogen-bond donors (Lipinski definition) is 1. The SMILES string of the molecule is Cc1cc(OCC(=O)N[C@H](C)C(=O)[O-])ccc1Cl. The van der Waals surface area contributed by atoms with Crippen LogP contribution in [0.3, 0.4) is 0 Å². The second-order valence-corrected chi connectivity index (χ2v) is 4.22. The van der Waals surface area contributed by atoms with Gasteiger partial charge in [0.2, 0.25) is 0 Å². The van der Waals surface area contributed by atoms with Gasteiger partial charge in [-0.1, -0.05) is 11.6 Å². The molecule has 18 heavy (non-hydrogen) atoms. The lowest BCUT2D eigenvalue weighted by Crippen LogP contribution is -2.47. The zero-order valence-corrected chi connectivity index (χ0v) is 10.8. The smallest absolute Gasteiger partial charge is 0.258 e. The largest absolute Gasteiger partial charge is 0.548 e. The van der Waals surface area contributed by atoms with Crippen molar-refractivity contribution in [1.82, 2.24) is 5.32 Å². The third kappa shape index (κ3) is 4.25. The van der Waals surface area contributed by atoms with E-state index in [9.17, 15) is 14.7 Å². The van der Waals surface area contributed by atoms with Crippen molar-refractivity contribution < 1.29 is 19.4 Å². The van der Waals surface area contributed by atoms with Crippen molar-refractivity contribution in [3.63, 3.8) is 0 Å². The molecular formula is C12H13ClNO4-. The Morgan fingerprint density at radius 3 is 2.72 bits per heavy atom. The van der Waals surface area contributed by atoms with Gasteiger partial charge in [-0.2, -0.15) is 0 Å². The Kier molecular flexibility index (Phi) is 4.97. The highest BCUT2D eigenvalue weighted by Gasteiger charge is 2.08. The predicted molar refractivity (Wildman–Crippen MR) is 64.3 cm³/mol. The van der Waals surface area contributed by atoms with Crippen LogP contribution in [0.15, 0.2) is 18.2 Å². The number of ether oxygens (including phenoxy) is 1. The van der Waals surface area contributed by atoms with E-state index in [2.05, 4.69) is 5.32 Å². The molecule has 1 rings (SSSR count). The number of benzene rings is 1. The second kappa shape index (κ2) is 6.26. The molecule has 1 aromatic carbocycles. The maximum absolute atomic E-state index is 11.3. The molecule has 98 valence electrons. The van der Waals surface area contributed by atoms with Crippen molar-refractivity contribution in [3.8, 4) is 5.75 Å². The van der Waals surface area contributed by atoms with E-state index >= 15 is 0 Å². The van der Waals surface area contributed by atoms with Crippen LogP contribution in [-0.4, -0.2) is 24.5 Å². The molecule has 0 spiro atoms. The van der Waals surface area contributed by atoms with Gasteiger partial charge in [0.15, 0.2) is 6.61 Å². The standard InChI is InChI=1S/C12H14ClNO4/c1-7-5-9(3-4-10(7)13)18-6-11(15)14-8(2)12(16)17/h3-5,8H,6H2,1-2H3,(H,14,15)(H,16,17)/p-1/t8-/m1/s1. The van der Waals surface area contributed by atoms with E-state index in [1.165, 1.54) is 6.92 Å². The Morgan fingerprint density at radius 2 is 2.17 bits per heavy atom. The minimum Gasteiger partial charge on any atom is -0.548 e. The second-order valence-electron chi connectivity index (χ2n) is 3.81. The first-order valence-electron chi connectivity index (χ1n) is 5.29. The minimum absolute atomic E-state index is 0.265. The van der Waals surface area contributed by atoms with Crippen LogP contribution in [0.5, 0.6) is 5.75 Å². The van der Waals surface area contributed by atoms with Gasteiger partial charge in [-0.15, -0.1) is 0 Å². The molecule has 0 fully saturated rings. The summed E-state index contributed by atoms with van der Waals surface area (Å²) < 4.78 is 5.20. The molecule has 1 atom stereocenters. The highest BCUT2D eigenvalue weighted by Crippen LogP contribution is 2.20. The average molecular weight is 271 g/mol. The Labute approximate surface area is 110 Å². The van der Waals surface area contributed by atoms with Gasteiger partial charge in [0.1, 0.15) is 5.75 Å². The quantitative estimate of drug-likeness (QED) is 0.834. The van der Waals surface area contributed by atoms with E-state index in [0.717, 1.165) is 5.56 Å². The van der Waals surface area contributed by atoms with E-state index in [1.54, 1.807) is 18.2 Å². The van der Waals surface area contributed by atoms with Crippen molar-refractivity contribution in [2.75, 3.05) is 6.61 Å². The van der Waals surface area contributed by atoms with Crippen molar-refractivity contribution in [2.45, 2.75) is 19.9 Å². The number of carboxylic acids is 1. The molecule has 6 heteroatoms. The first-order chi connectivity index (χ1) is 8.40. The summed E-state index contributed by atoms with van der Waals surface area (Å²) in [7, 11) is 0. The summed E-state index contributed by atoms with van der Waals surface area (Å²) in [6.07, 6.45) is 0. The van der Waals surface area contributed by atoms with Gasteiger partial charge in [0.05, 0.1) is 12.0 Å². The monoisotopic (exact) mass is 270 g/mol. The third-order valence-electron chi connectivity index (χ3n) is 2.23. The number of aliphatic carboxylic acids is 1. The van der Waals surface area contributed by atoms with E-state index in [1.807, 2.05) is 6.92 Å². The number of amides is 1. The Hall–Kier alpha value is -1.75. The normalized spacial score (nSPS) is 11.7. The molecule has 5 nitrogen and oxygen atoms in total. The van der Waals surface area contributed by atoms with Crippen molar-refractivity contribution in [1.29, 1.82) is 0 Å². The molecule has 0 radical (unpaired) electrons. The van der Waals surface area contributed by atoms with E-state index in [4.69, 9.17) is 16.3 Å². The van der Waals surface area contributed by atoms with Crippen LogP contribution in [0.2, 0.25) is 5.02 Å². The van der Waals surface area contributed by atoms with Gasteiger partial charge in [-0.05, 0) is 37.6 Å². The lowest BCUT2D eigenvalue weighted by atomic mass is 10.2. The van der Waals surface area contributed by atoms with Crippen molar-refractivity contribution in [2.24, 2.45) is 0 Å². The predicted octanol–water partition coefficient (Wildman–Crippen LogP) is 0.282. The lowest BCUT2D eigenvalue weighted by Gasteiger charge is -2.15. The number of hydrogen-bond acceptors (Lipinski definition) is 4. The van der Waals surface area contributed by atoms with Gasteiger partial charge >= 0.3 is 0 Å². The number of halogens is 1. The summed E-state index contributed by atoms with van der Waals surface area (Å²) in [5.74, 6) is -1.38. The number of rotatable bonds is 5. The molecule has 0 aromatic heterocycles. The van der Waals surface area contributed by atoms with E-state index < -0.39 is 17.9 Å². The Morgan fingerprint density at radius 1 is 1.50 bits per heavy atom. The maximum Gasteiger partial charge on any atom is 0.258 e. The number of carbonyl (C=O) groups is 2. The molecule has 1 aromatic rings. The van der Waals surface area contributed by atoms with E-state index in [-0.39, 0.29) is 6.61 Å². The molecule has 0 saturated heterocycles. The molecule has 0 heterocycles. The Balaban J connectivity index is 2.47. The summed E-state index contributed by atoms with van der Waals surface area (Å²) in [4.78, 5) is 21.7. The maximum atomic E-state index is 11.3. The van der Waals surface area contributed by atoms with Crippen molar-refractivity contribution in [3.05, 3.63) is 28.8 Å². The Bertz CT molecular complexity index is 461. The first-order valence-corrected chi connectivity index (χ1v) is 5.67. The van der Waals surface area contributed by atoms with Crippen molar-refractivity contribution >= 4 is 23.5 Å². The van der Waals surface area contributed by atoms with Crippen LogP contribution in [0.4, 0.5) is 0 Å². The summed E-state index contributed by atoms with van der Waals surface area (Å²) in [5, 5.41) is 13.2. The molecule has 1 amide bonds. The van der Waals surface area contributed by atoms with Crippen LogP contribution in [0.1, 0.15) is 12.5 Å². The molecule has 1 N–H and O–H groups in total. The zero-order valence-electron chi connectivity index (χ0n) is 10.0. The molecule has 0 bridgehead atoms. The fourth-order valence-electron chi connectivity index (χ4n) is 1.20. The summed E-state index contributed by atoms with van der Waals surface area (Å²) in [5.41, 5.74) is 0.831. The van der Waals surface area contributed by atoms with Gasteiger partial charge in [-0.3, -0.25) is 4.79 Å². The van der Waals surface area contributed by atoms with Gasteiger partial charge in [0.25, 0.3) is 5.91 Å². The van der Waals surface area contributed by atoms with Crippen LogP contribution in [0, 0.1) is 6.92 Å². The van der Waals surface area contributed by atoms with Crippen LogP contribution < -0.4 is 15.2 Å². The molecule has 0 aliphatic rings.